The molecule has 1 heterocycles. The first-order chi connectivity index (χ1) is 16.5. The second-order valence-electron chi connectivity index (χ2n) is 7.34. The normalized spacial score (nSPS) is 11.0. The van der Waals surface area contributed by atoms with Gasteiger partial charge in [-0.1, -0.05) is 69.7 Å². The molecule has 1 aromatic heterocycles. The molecular formula is C25H22BrN5O2S. The molecule has 0 saturated carbocycles. The fraction of sp³-hybridized carbons (Fsp3) is 0.120. The molecule has 172 valence electrons. The van der Waals surface area contributed by atoms with Gasteiger partial charge in [0.15, 0.2) is 11.0 Å². The molecule has 4 aromatic rings. The van der Waals surface area contributed by atoms with Gasteiger partial charge in [0, 0.05) is 15.7 Å². The Hall–Kier alpha value is -3.43. The summed E-state index contributed by atoms with van der Waals surface area (Å²) in [5.74, 6) is 1.35. The van der Waals surface area contributed by atoms with E-state index in [1.54, 1.807) is 13.3 Å². The Morgan fingerprint density at radius 3 is 2.44 bits per heavy atom. The number of halogens is 1. The van der Waals surface area contributed by atoms with Gasteiger partial charge >= 0.3 is 0 Å². The number of rotatable bonds is 8. The molecule has 0 fully saturated rings. The van der Waals surface area contributed by atoms with Crippen LogP contribution in [0, 0.1) is 6.92 Å². The third kappa shape index (κ3) is 5.92. The predicted octanol–water partition coefficient (Wildman–Crippen LogP) is 5.26. The Kier molecular flexibility index (Phi) is 7.76. The lowest BCUT2D eigenvalue weighted by Crippen LogP contribution is -2.20. The molecule has 9 heteroatoms. The van der Waals surface area contributed by atoms with E-state index in [9.17, 15) is 4.79 Å². The molecular weight excluding hydrogens is 514 g/mol. The summed E-state index contributed by atoms with van der Waals surface area (Å²) in [6.07, 6.45) is 1.60. The molecule has 1 N–H and O–H groups in total. The van der Waals surface area contributed by atoms with Gasteiger partial charge < -0.3 is 4.74 Å². The van der Waals surface area contributed by atoms with Crippen molar-refractivity contribution in [3.63, 3.8) is 0 Å². The van der Waals surface area contributed by atoms with Crippen LogP contribution in [0.5, 0.6) is 5.75 Å². The number of hydrogen-bond acceptors (Lipinski definition) is 6. The van der Waals surface area contributed by atoms with Gasteiger partial charge in [-0.15, -0.1) is 10.2 Å². The highest BCUT2D eigenvalue weighted by Crippen LogP contribution is 2.29. The molecule has 0 saturated heterocycles. The number of thioether (sulfide) groups is 1. The van der Waals surface area contributed by atoms with Crippen LogP contribution in [0.3, 0.4) is 0 Å². The Morgan fingerprint density at radius 1 is 1.06 bits per heavy atom. The molecule has 3 aromatic carbocycles. The molecule has 0 bridgehead atoms. The van der Waals surface area contributed by atoms with E-state index in [4.69, 9.17) is 4.74 Å². The Bertz CT molecular complexity index is 1290. The van der Waals surface area contributed by atoms with Crippen molar-refractivity contribution < 1.29 is 9.53 Å². The van der Waals surface area contributed by atoms with Gasteiger partial charge in [0.1, 0.15) is 5.75 Å². The molecule has 34 heavy (non-hydrogen) atoms. The second-order valence-corrected chi connectivity index (χ2v) is 9.20. The maximum absolute atomic E-state index is 12.4. The van der Waals surface area contributed by atoms with Crippen LogP contribution >= 0.6 is 27.7 Å². The number of ether oxygens (including phenoxy) is 1. The number of carbonyl (C=O) groups is 1. The van der Waals surface area contributed by atoms with Gasteiger partial charge in [0.25, 0.3) is 5.91 Å². The first kappa shape index (κ1) is 23.7. The van der Waals surface area contributed by atoms with Crippen LogP contribution in [0.1, 0.15) is 11.1 Å². The van der Waals surface area contributed by atoms with Crippen molar-refractivity contribution >= 4 is 39.8 Å². The fourth-order valence-electron chi connectivity index (χ4n) is 3.11. The zero-order valence-electron chi connectivity index (χ0n) is 18.6. The lowest BCUT2D eigenvalue weighted by molar-refractivity contribution is -0.118. The van der Waals surface area contributed by atoms with E-state index >= 15 is 0 Å². The SMILES string of the molecule is COc1ccc(-n2c(SCC(=O)N/N=C/c3ccc(Br)cc3)nnc2-c2ccc(C)cc2)cc1. The van der Waals surface area contributed by atoms with E-state index in [1.807, 2.05) is 84.3 Å². The second kappa shape index (κ2) is 11.1. The average molecular weight is 536 g/mol. The zero-order chi connectivity index (χ0) is 23.9. The number of benzene rings is 3. The summed E-state index contributed by atoms with van der Waals surface area (Å²) in [7, 11) is 1.63. The number of nitrogens with zero attached hydrogens (tertiary/aromatic N) is 4. The van der Waals surface area contributed by atoms with Crippen LogP contribution in [-0.2, 0) is 4.79 Å². The highest BCUT2D eigenvalue weighted by atomic mass is 79.9. The number of nitrogens with one attached hydrogen (secondary N) is 1. The number of aryl methyl sites for hydroxylation is 1. The van der Waals surface area contributed by atoms with Gasteiger partial charge in [-0.25, -0.2) is 5.43 Å². The van der Waals surface area contributed by atoms with E-state index in [0.29, 0.717) is 11.0 Å². The van der Waals surface area contributed by atoms with Crippen molar-refractivity contribution in [2.45, 2.75) is 12.1 Å². The minimum atomic E-state index is -0.237. The van der Waals surface area contributed by atoms with Crippen LogP contribution in [0.2, 0.25) is 0 Å². The number of aromatic nitrogens is 3. The van der Waals surface area contributed by atoms with Gasteiger partial charge in [-0.3, -0.25) is 9.36 Å². The summed E-state index contributed by atoms with van der Waals surface area (Å²) < 4.78 is 8.20. The molecule has 0 aliphatic carbocycles. The lowest BCUT2D eigenvalue weighted by Gasteiger charge is -2.11. The summed E-state index contributed by atoms with van der Waals surface area (Å²) in [4.78, 5) is 12.4. The molecule has 0 unspecified atom stereocenters. The third-order valence-corrected chi connectivity index (χ3v) is 6.34. The summed E-state index contributed by atoms with van der Waals surface area (Å²) in [6, 6.07) is 23.4. The Balaban J connectivity index is 1.52. The molecule has 0 aliphatic heterocycles. The van der Waals surface area contributed by atoms with E-state index in [2.05, 4.69) is 36.7 Å². The molecule has 1 amide bonds. The van der Waals surface area contributed by atoms with Crippen LogP contribution in [0.25, 0.3) is 17.1 Å². The van der Waals surface area contributed by atoms with Crippen LogP contribution < -0.4 is 10.2 Å². The third-order valence-electron chi connectivity index (χ3n) is 4.88. The lowest BCUT2D eigenvalue weighted by atomic mass is 10.1. The standard InChI is InChI=1S/C25H22BrN5O2S/c1-17-3-7-19(8-4-17)24-29-30-25(31(24)21-11-13-22(33-2)14-12-21)34-16-23(32)28-27-15-18-5-9-20(26)10-6-18/h3-15H,16H2,1-2H3,(H,28,32)/b27-15+. The van der Waals surface area contributed by atoms with Gasteiger partial charge in [0.2, 0.25) is 0 Å². The van der Waals surface area contributed by atoms with E-state index < -0.39 is 0 Å². The van der Waals surface area contributed by atoms with Crippen LogP contribution in [-0.4, -0.2) is 39.7 Å². The molecule has 0 radical (unpaired) electrons. The maximum atomic E-state index is 12.4. The predicted molar refractivity (Wildman–Crippen MR) is 139 cm³/mol. The van der Waals surface area contributed by atoms with Crippen LogP contribution in [0.4, 0.5) is 0 Å². The summed E-state index contributed by atoms with van der Waals surface area (Å²) in [6.45, 7) is 2.04. The van der Waals surface area contributed by atoms with Gasteiger partial charge in [0.05, 0.1) is 19.1 Å². The first-order valence-corrected chi connectivity index (χ1v) is 12.2. The first-order valence-electron chi connectivity index (χ1n) is 10.4. The highest BCUT2D eigenvalue weighted by Gasteiger charge is 2.17. The van der Waals surface area contributed by atoms with Crippen molar-refractivity contribution in [2.24, 2.45) is 5.10 Å². The summed E-state index contributed by atoms with van der Waals surface area (Å²) >= 11 is 4.69. The number of carbonyl (C=O) groups excluding carboxylic acids is 1. The molecule has 0 atom stereocenters. The minimum Gasteiger partial charge on any atom is -0.497 e. The van der Waals surface area contributed by atoms with Crippen LogP contribution in [0.15, 0.2) is 87.5 Å². The molecule has 4 rings (SSSR count). The topological polar surface area (TPSA) is 81.4 Å². The van der Waals surface area contributed by atoms with Crippen molar-refractivity contribution in [3.05, 3.63) is 88.4 Å². The summed E-state index contributed by atoms with van der Waals surface area (Å²) in [5, 5.41) is 13.4. The van der Waals surface area contributed by atoms with Crippen molar-refractivity contribution in [3.8, 4) is 22.8 Å². The largest absolute Gasteiger partial charge is 0.497 e. The Labute approximate surface area is 210 Å². The quantitative estimate of drug-likeness (QED) is 0.189. The van der Waals surface area contributed by atoms with E-state index in [1.165, 1.54) is 11.8 Å². The molecule has 7 nitrogen and oxygen atoms in total. The van der Waals surface area contributed by atoms with Gasteiger partial charge in [-0.05, 0) is 48.9 Å². The smallest absolute Gasteiger partial charge is 0.250 e. The van der Waals surface area contributed by atoms with Crippen molar-refractivity contribution in [2.75, 3.05) is 12.9 Å². The minimum absolute atomic E-state index is 0.139. The van der Waals surface area contributed by atoms with E-state index in [0.717, 1.165) is 32.6 Å². The van der Waals surface area contributed by atoms with E-state index in [-0.39, 0.29) is 11.7 Å². The Morgan fingerprint density at radius 2 is 1.76 bits per heavy atom. The molecule has 0 spiro atoms. The van der Waals surface area contributed by atoms with Crippen molar-refractivity contribution in [1.82, 2.24) is 20.2 Å². The number of methoxy groups -OCH3 is 1. The average Bonchev–Trinajstić information content (AvgIpc) is 3.28. The number of hydrogen-bond donors (Lipinski definition) is 1. The number of hydrazone groups is 1. The maximum Gasteiger partial charge on any atom is 0.250 e. The highest BCUT2D eigenvalue weighted by molar-refractivity contribution is 9.10. The zero-order valence-corrected chi connectivity index (χ0v) is 21.0. The monoisotopic (exact) mass is 535 g/mol. The van der Waals surface area contributed by atoms with Gasteiger partial charge in [-0.2, -0.15) is 5.10 Å². The number of amides is 1. The van der Waals surface area contributed by atoms with Crippen molar-refractivity contribution in [1.29, 1.82) is 0 Å². The molecule has 0 aliphatic rings. The summed E-state index contributed by atoms with van der Waals surface area (Å²) in [5.41, 5.74) is 6.41. The fourth-order valence-corrected chi connectivity index (χ4v) is 4.12.